The molecule has 0 bridgehead atoms. The first-order valence-corrected chi connectivity index (χ1v) is 7.48. The first-order chi connectivity index (χ1) is 10.7. The smallest absolute Gasteiger partial charge is 0.193 e. The summed E-state index contributed by atoms with van der Waals surface area (Å²) in [4.78, 5) is 4.52. The lowest BCUT2D eigenvalue weighted by molar-refractivity contribution is 0.415. The summed E-state index contributed by atoms with van der Waals surface area (Å²) in [7, 11) is 1.65. The molecule has 114 valence electrons. The largest absolute Gasteiger partial charge is 0.497 e. The first-order valence-electron chi connectivity index (χ1n) is 7.48. The van der Waals surface area contributed by atoms with E-state index in [4.69, 9.17) is 10.5 Å². The van der Waals surface area contributed by atoms with Crippen molar-refractivity contribution in [2.24, 2.45) is 10.7 Å². The molecule has 0 aliphatic heterocycles. The Balaban J connectivity index is 1.62. The Kier molecular flexibility index (Phi) is 4.00. The molecule has 0 atom stereocenters. The molecule has 1 aliphatic carbocycles. The molecule has 4 heteroatoms. The highest BCUT2D eigenvalue weighted by Crippen LogP contribution is 2.48. The fourth-order valence-electron chi connectivity index (χ4n) is 2.58. The molecule has 1 aliphatic rings. The van der Waals surface area contributed by atoms with E-state index in [0.29, 0.717) is 5.96 Å². The Labute approximate surface area is 131 Å². The van der Waals surface area contributed by atoms with Crippen LogP contribution in [0.1, 0.15) is 18.4 Å². The van der Waals surface area contributed by atoms with Crippen molar-refractivity contribution in [3.05, 3.63) is 60.2 Å². The van der Waals surface area contributed by atoms with Crippen LogP contribution in [-0.2, 0) is 5.41 Å². The molecule has 3 N–H and O–H groups in total. The van der Waals surface area contributed by atoms with Crippen LogP contribution in [-0.4, -0.2) is 19.6 Å². The van der Waals surface area contributed by atoms with Crippen LogP contribution in [0.5, 0.6) is 5.75 Å². The fourth-order valence-corrected chi connectivity index (χ4v) is 2.58. The molecule has 0 radical (unpaired) electrons. The standard InChI is InChI=1S/C18H21N3O/c1-22-16-9-7-15(8-10-16)21-17(19)20-13-18(11-12-18)14-5-3-2-4-6-14/h2-10H,11-13H2,1H3,(H3,19,20,21). The number of guanidine groups is 1. The quantitative estimate of drug-likeness (QED) is 0.658. The lowest BCUT2D eigenvalue weighted by atomic mass is 9.96. The third kappa shape index (κ3) is 3.22. The normalized spacial score (nSPS) is 16.1. The SMILES string of the molecule is COc1ccc(NC(N)=NCC2(c3ccccc3)CC2)cc1. The number of aliphatic imine (C=N–C) groups is 1. The molecule has 1 saturated carbocycles. The Morgan fingerprint density at radius 1 is 1.14 bits per heavy atom. The van der Waals surface area contributed by atoms with E-state index < -0.39 is 0 Å². The second-order valence-corrected chi connectivity index (χ2v) is 5.70. The Morgan fingerprint density at radius 3 is 2.41 bits per heavy atom. The van der Waals surface area contributed by atoms with E-state index in [1.807, 2.05) is 30.3 Å². The van der Waals surface area contributed by atoms with Gasteiger partial charge in [-0.15, -0.1) is 0 Å². The number of nitrogens with one attached hydrogen (secondary N) is 1. The van der Waals surface area contributed by atoms with Crippen molar-refractivity contribution in [3.63, 3.8) is 0 Å². The summed E-state index contributed by atoms with van der Waals surface area (Å²) in [5.74, 6) is 1.27. The summed E-state index contributed by atoms with van der Waals surface area (Å²) in [6, 6.07) is 18.2. The molecule has 22 heavy (non-hydrogen) atoms. The molecular weight excluding hydrogens is 274 g/mol. The molecule has 0 aromatic heterocycles. The van der Waals surface area contributed by atoms with E-state index in [2.05, 4.69) is 34.6 Å². The van der Waals surface area contributed by atoms with Crippen molar-refractivity contribution in [2.45, 2.75) is 18.3 Å². The van der Waals surface area contributed by atoms with Gasteiger partial charge in [-0.3, -0.25) is 4.99 Å². The molecule has 2 aromatic rings. The van der Waals surface area contributed by atoms with Gasteiger partial charge in [-0.2, -0.15) is 0 Å². The maximum absolute atomic E-state index is 6.00. The number of anilines is 1. The summed E-state index contributed by atoms with van der Waals surface area (Å²) >= 11 is 0. The van der Waals surface area contributed by atoms with Crippen molar-refractivity contribution in [1.82, 2.24) is 0 Å². The predicted octanol–water partition coefficient (Wildman–Crippen LogP) is 3.15. The zero-order valence-electron chi connectivity index (χ0n) is 12.8. The first kappa shape index (κ1) is 14.4. The van der Waals surface area contributed by atoms with E-state index in [1.165, 1.54) is 18.4 Å². The fraction of sp³-hybridized carbons (Fsp3) is 0.278. The van der Waals surface area contributed by atoms with Gasteiger partial charge in [-0.1, -0.05) is 30.3 Å². The zero-order valence-corrected chi connectivity index (χ0v) is 12.8. The van der Waals surface area contributed by atoms with Gasteiger partial charge in [0.2, 0.25) is 0 Å². The van der Waals surface area contributed by atoms with Gasteiger partial charge in [0.25, 0.3) is 0 Å². The number of nitrogens with two attached hydrogens (primary N) is 1. The van der Waals surface area contributed by atoms with Crippen LogP contribution >= 0.6 is 0 Å². The minimum atomic E-state index is 0.188. The van der Waals surface area contributed by atoms with E-state index in [1.54, 1.807) is 7.11 Å². The van der Waals surface area contributed by atoms with Crippen LogP contribution in [0.2, 0.25) is 0 Å². The van der Waals surface area contributed by atoms with Crippen LogP contribution < -0.4 is 15.8 Å². The van der Waals surface area contributed by atoms with Crippen molar-refractivity contribution >= 4 is 11.6 Å². The number of hydrogen-bond donors (Lipinski definition) is 2. The molecule has 2 aromatic carbocycles. The number of methoxy groups -OCH3 is 1. The topological polar surface area (TPSA) is 59.6 Å². The van der Waals surface area contributed by atoms with E-state index in [-0.39, 0.29) is 5.41 Å². The van der Waals surface area contributed by atoms with Crippen LogP contribution in [0.3, 0.4) is 0 Å². The van der Waals surface area contributed by atoms with Crippen LogP contribution in [0.25, 0.3) is 0 Å². The van der Waals surface area contributed by atoms with Gasteiger partial charge in [-0.25, -0.2) is 0 Å². The highest BCUT2D eigenvalue weighted by molar-refractivity contribution is 5.92. The number of hydrogen-bond acceptors (Lipinski definition) is 2. The highest BCUT2D eigenvalue weighted by Gasteiger charge is 2.43. The number of benzene rings is 2. The molecule has 4 nitrogen and oxygen atoms in total. The maximum Gasteiger partial charge on any atom is 0.193 e. The third-order valence-electron chi connectivity index (χ3n) is 4.15. The summed E-state index contributed by atoms with van der Waals surface area (Å²) in [5, 5.41) is 3.12. The summed E-state index contributed by atoms with van der Waals surface area (Å²) in [5.41, 5.74) is 8.45. The second kappa shape index (κ2) is 6.10. The van der Waals surface area contributed by atoms with E-state index in [0.717, 1.165) is 18.0 Å². The molecule has 3 rings (SSSR count). The van der Waals surface area contributed by atoms with Crippen LogP contribution in [0.15, 0.2) is 59.6 Å². The average molecular weight is 295 g/mol. The predicted molar refractivity (Wildman–Crippen MR) is 90.5 cm³/mol. The number of nitrogens with zero attached hydrogens (tertiary/aromatic N) is 1. The number of ether oxygens (including phenoxy) is 1. The lowest BCUT2D eigenvalue weighted by Gasteiger charge is -2.13. The monoisotopic (exact) mass is 295 g/mol. The van der Waals surface area contributed by atoms with Gasteiger partial charge in [0.15, 0.2) is 5.96 Å². The molecule has 1 fully saturated rings. The van der Waals surface area contributed by atoms with Crippen molar-refractivity contribution in [2.75, 3.05) is 19.0 Å². The Bertz CT molecular complexity index is 646. The maximum atomic E-state index is 6.00. The van der Waals surface area contributed by atoms with E-state index in [9.17, 15) is 0 Å². The van der Waals surface area contributed by atoms with Gasteiger partial charge in [0, 0.05) is 11.1 Å². The summed E-state index contributed by atoms with van der Waals surface area (Å²) < 4.78 is 5.13. The molecule has 0 spiro atoms. The minimum Gasteiger partial charge on any atom is -0.497 e. The third-order valence-corrected chi connectivity index (χ3v) is 4.15. The summed E-state index contributed by atoms with van der Waals surface area (Å²) in [6.45, 7) is 0.728. The van der Waals surface area contributed by atoms with Crippen molar-refractivity contribution in [3.8, 4) is 5.75 Å². The molecule has 0 unspecified atom stereocenters. The lowest BCUT2D eigenvalue weighted by Crippen LogP contribution is -2.24. The Hall–Kier alpha value is -2.49. The Morgan fingerprint density at radius 2 is 1.82 bits per heavy atom. The zero-order chi connectivity index (χ0) is 15.4. The number of rotatable bonds is 5. The second-order valence-electron chi connectivity index (χ2n) is 5.70. The van der Waals surface area contributed by atoms with Gasteiger partial charge in [0.05, 0.1) is 13.7 Å². The van der Waals surface area contributed by atoms with Gasteiger partial charge >= 0.3 is 0 Å². The summed E-state index contributed by atoms with van der Waals surface area (Å²) in [6.07, 6.45) is 2.35. The minimum absolute atomic E-state index is 0.188. The van der Waals surface area contributed by atoms with Crippen LogP contribution in [0, 0.1) is 0 Å². The van der Waals surface area contributed by atoms with E-state index >= 15 is 0 Å². The molecule has 0 amide bonds. The molecule has 0 saturated heterocycles. The van der Waals surface area contributed by atoms with Crippen molar-refractivity contribution in [1.29, 1.82) is 0 Å². The van der Waals surface area contributed by atoms with Crippen molar-refractivity contribution < 1.29 is 4.74 Å². The van der Waals surface area contributed by atoms with Gasteiger partial charge in [-0.05, 0) is 42.7 Å². The molecule has 0 heterocycles. The van der Waals surface area contributed by atoms with Gasteiger partial charge in [0.1, 0.15) is 5.75 Å². The van der Waals surface area contributed by atoms with Gasteiger partial charge < -0.3 is 15.8 Å². The highest BCUT2D eigenvalue weighted by atomic mass is 16.5. The molecular formula is C18H21N3O. The average Bonchev–Trinajstić information content (AvgIpc) is 3.36. The van der Waals surface area contributed by atoms with Crippen LogP contribution in [0.4, 0.5) is 5.69 Å².